The number of rotatable bonds is 13. The van der Waals surface area contributed by atoms with E-state index in [9.17, 15) is 15.0 Å². The van der Waals surface area contributed by atoms with Crippen LogP contribution < -0.4 is 0 Å². The molecule has 5 heteroatoms. The van der Waals surface area contributed by atoms with Gasteiger partial charge in [-0.2, -0.15) is 11.8 Å². The summed E-state index contributed by atoms with van der Waals surface area (Å²) in [5.74, 6) is 0.534. The van der Waals surface area contributed by atoms with Gasteiger partial charge in [0.1, 0.15) is 0 Å². The van der Waals surface area contributed by atoms with Crippen molar-refractivity contribution in [3.8, 4) is 0 Å². The molecule has 1 heterocycles. The van der Waals surface area contributed by atoms with Crippen LogP contribution in [-0.4, -0.2) is 26.9 Å². The van der Waals surface area contributed by atoms with E-state index in [1.807, 2.05) is 49.9 Å². The Kier molecular flexibility index (Phi) is 9.35. The summed E-state index contributed by atoms with van der Waals surface area (Å²) < 4.78 is 0. The predicted molar refractivity (Wildman–Crippen MR) is 163 cm³/mol. The number of carbonyl (C=O) groups is 1. The lowest BCUT2D eigenvalue weighted by molar-refractivity contribution is -0.138. The molecule has 4 nitrogen and oxygen atoms in total. The van der Waals surface area contributed by atoms with Crippen LogP contribution in [0.2, 0.25) is 0 Å². The Morgan fingerprint density at radius 1 is 1.05 bits per heavy atom. The lowest BCUT2D eigenvalue weighted by Crippen LogP contribution is -2.18. The minimum Gasteiger partial charge on any atom is -0.481 e. The Bertz CT molecular complexity index is 1300. The zero-order valence-corrected chi connectivity index (χ0v) is 24.4. The van der Waals surface area contributed by atoms with Gasteiger partial charge >= 0.3 is 5.97 Å². The van der Waals surface area contributed by atoms with Gasteiger partial charge in [0.05, 0.1) is 17.7 Å². The predicted octanol–water partition coefficient (Wildman–Crippen LogP) is 8.26. The molecule has 206 valence electrons. The molecule has 0 radical (unpaired) electrons. The first kappa shape index (κ1) is 29.1. The van der Waals surface area contributed by atoms with E-state index in [0.29, 0.717) is 5.92 Å². The number of aryl methyl sites for hydroxylation is 1. The maximum atomic E-state index is 11.5. The van der Waals surface area contributed by atoms with Crippen molar-refractivity contribution in [3.63, 3.8) is 0 Å². The van der Waals surface area contributed by atoms with E-state index < -0.39 is 11.6 Å². The van der Waals surface area contributed by atoms with Gasteiger partial charge in [-0.3, -0.25) is 9.78 Å². The number of hydrogen-bond donors (Lipinski definition) is 2. The molecule has 0 amide bonds. The number of aromatic nitrogens is 1. The molecule has 1 fully saturated rings. The second kappa shape index (κ2) is 12.5. The van der Waals surface area contributed by atoms with E-state index in [-0.39, 0.29) is 17.1 Å². The zero-order valence-electron chi connectivity index (χ0n) is 23.6. The molecule has 1 atom stereocenters. The third-order valence-electron chi connectivity index (χ3n) is 7.54. The van der Waals surface area contributed by atoms with E-state index in [1.165, 1.54) is 5.56 Å². The molecule has 1 aliphatic rings. The zero-order chi connectivity index (χ0) is 28.0. The molecule has 0 saturated heterocycles. The lowest BCUT2D eigenvalue weighted by Gasteiger charge is -2.24. The largest absolute Gasteiger partial charge is 0.481 e. The first-order chi connectivity index (χ1) is 18.5. The Morgan fingerprint density at radius 3 is 2.49 bits per heavy atom. The van der Waals surface area contributed by atoms with Crippen LogP contribution in [0, 0.1) is 5.41 Å². The summed E-state index contributed by atoms with van der Waals surface area (Å²) in [5.41, 5.74) is 5.57. The molecule has 0 spiro atoms. The van der Waals surface area contributed by atoms with Crippen LogP contribution in [0.25, 0.3) is 12.2 Å². The number of nitrogens with zero attached hydrogens (tertiary/aromatic N) is 1. The number of pyridine rings is 1. The van der Waals surface area contributed by atoms with Crippen molar-refractivity contribution in [2.75, 3.05) is 5.75 Å². The Hall–Kier alpha value is -2.89. The number of carboxylic acids is 1. The number of aliphatic hydroxyl groups is 1. The van der Waals surface area contributed by atoms with Crippen molar-refractivity contribution >= 4 is 29.9 Å². The van der Waals surface area contributed by atoms with Gasteiger partial charge in [0.2, 0.25) is 0 Å². The van der Waals surface area contributed by atoms with Gasteiger partial charge in [-0.25, -0.2) is 0 Å². The molecule has 0 aliphatic heterocycles. The minimum absolute atomic E-state index is 0.0651. The van der Waals surface area contributed by atoms with Crippen LogP contribution in [0.1, 0.15) is 98.2 Å². The van der Waals surface area contributed by atoms with Gasteiger partial charge in [0.15, 0.2) is 0 Å². The first-order valence-electron chi connectivity index (χ1n) is 13.9. The molecule has 4 rings (SSSR count). The molecule has 3 aromatic rings. The lowest BCUT2D eigenvalue weighted by atomic mass is 9.90. The number of carboxylic acid groups (broad SMARTS) is 1. The van der Waals surface area contributed by atoms with Crippen LogP contribution in [0.15, 0.2) is 66.7 Å². The monoisotopic (exact) mass is 543 g/mol. The number of benzene rings is 2. The summed E-state index contributed by atoms with van der Waals surface area (Å²) in [5, 5.41) is 20.4. The van der Waals surface area contributed by atoms with Crippen LogP contribution in [0.4, 0.5) is 0 Å². The highest BCUT2D eigenvalue weighted by Crippen LogP contribution is 2.53. The van der Waals surface area contributed by atoms with Crippen molar-refractivity contribution in [1.82, 2.24) is 4.98 Å². The van der Waals surface area contributed by atoms with Crippen molar-refractivity contribution < 1.29 is 15.0 Å². The second-order valence-corrected chi connectivity index (χ2v) is 13.0. The van der Waals surface area contributed by atoms with Crippen LogP contribution in [0.3, 0.4) is 0 Å². The average Bonchev–Trinajstić information content (AvgIpc) is 3.66. The van der Waals surface area contributed by atoms with Crippen LogP contribution in [-0.2, 0) is 16.8 Å². The molecular weight excluding hydrogens is 502 g/mol. The summed E-state index contributed by atoms with van der Waals surface area (Å²) in [7, 11) is 0. The SMILES string of the molecule is CC(C)c1cccc(/C=C/c2cccc([C@@H](CCc3ccccc3C(C)(C)O)SCC3(CC(=O)O)CC3)c2)n1. The molecule has 1 aromatic heterocycles. The van der Waals surface area contributed by atoms with Crippen LogP contribution >= 0.6 is 11.8 Å². The Morgan fingerprint density at radius 2 is 1.79 bits per heavy atom. The fourth-order valence-corrected chi connectivity index (χ4v) is 6.61. The molecule has 1 saturated carbocycles. The molecule has 2 aromatic carbocycles. The summed E-state index contributed by atoms with van der Waals surface area (Å²) >= 11 is 1.88. The molecule has 1 aliphatic carbocycles. The third kappa shape index (κ3) is 8.30. The smallest absolute Gasteiger partial charge is 0.303 e. The van der Waals surface area contributed by atoms with E-state index >= 15 is 0 Å². The van der Waals surface area contributed by atoms with Crippen molar-refractivity contribution in [2.45, 2.75) is 76.6 Å². The summed E-state index contributed by atoms with van der Waals surface area (Å²) in [6, 6.07) is 22.9. The standard InChI is InChI=1S/C34H41NO3S/c1-24(2)30-14-8-12-28(35-30)17-15-25-9-7-11-27(21-25)31(39-23-34(19-20-34)22-32(36)37)18-16-26-10-5-6-13-29(26)33(3,4)38/h5-15,17,21,24,31,38H,16,18-20,22-23H2,1-4H3,(H,36,37)/b17-15+/t31-/m1/s1. The van der Waals surface area contributed by atoms with Crippen molar-refractivity contribution in [3.05, 3.63) is 100 Å². The summed E-state index contributed by atoms with van der Waals surface area (Å²) in [6.45, 7) is 7.98. The first-order valence-corrected chi connectivity index (χ1v) is 15.0. The Balaban J connectivity index is 1.55. The quantitative estimate of drug-likeness (QED) is 0.227. The fraction of sp³-hybridized carbons (Fsp3) is 0.412. The van der Waals surface area contributed by atoms with Crippen molar-refractivity contribution in [1.29, 1.82) is 0 Å². The maximum absolute atomic E-state index is 11.5. The Labute approximate surface area is 237 Å². The summed E-state index contributed by atoms with van der Waals surface area (Å²) in [4.78, 5) is 16.2. The molecule has 39 heavy (non-hydrogen) atoms. The number of hydrogen-bond acceptors (Lipinski definition) is 4. The van der Waals surface area contributed by atoms with Crippen LogP contribution in [0.5, 0.6) is 0 Å². The van der Waals surface area contributed by atoms with E-state index in [0.717, 1.165) is 59.5 Å². The molecule has 2 N–H and O–H groups in total. The highest BCUT2D eigenvalue weighted by atomic mass is 32.2. The molecule has 0 unspecified atom stereocenters. The fourth-order valence-electron chi connectivity index (χ4n) is 5.04. The van der Waals surface area contributed by atoms with Crippen molar-refractivity contribution in [2.24, 2.45) is 5.41 Å². The molecule has 0 bridgehead atoms. The van der Waals surface area contributed by atoms with Gasteiger partial charge in [-0.15, -0.1) is 0 Å². The summed E-state index contributed by atoms with van der Waals surface area (Å²) in [6.07, 6.45) is 8.17. The number of aliphatic carboxylic acids is 1. The van der Waals surface area contributed by atoms with Gasteiger partial charge in [-0.05, 0) is 91.3 Å². The van der Waals surface area contributed by atoms with E-state index in [2.05, 4.69) is 68.5 Å². The maximum Gasteiger partial charge on any atom is 0.303 e. The van der Waals surface area contributed by atoms with E-state index in [4.69, 9.17) is 4.98 Å². The van der Waals surface area contributed by atoms with Gasteiger partial charge in [-0.1, -0.05) is 74.5 Å². The highest BCUT2D eigenvalue weighted by Gasteiger charge is 2.44. The van der Waals surface area contributed by atoms with Gasteiger partial charge < -0.3 is 10.2 Å². The number of thioether (sulfide) groups is 1. The van der Waals surface area contributed by atoms with E-state index in [1.54, 1.807) is 0 Å². The van der Waals surface area contributed by atoms with Gasteiger partial charge in [0.25, 0.3) is 0 Å². The molecular formula is C34H41NO3S. The normalized spacial score (nSPS) is 15.5. The average molecular weight is 544 g/mol. The topological polar surface area (TPSA) is 70.4 Å². The highest BCUT2D eigenvalue weighted by molar-refractivity contribution is 7.99. The minimum atomic E-state index is -0.898. The third-order valence-corrected chi connectivity index (χ3v) is 9.23. The van der Waals surface area contributed by atoms with Gasteiger partial charge in [0, 0.05) is 16.7 Å². The second-order valence-electron chi connectivity index (χ2n) is 11.8.